The van der Waals surface area contributed by atoms with Crippen LogP contribution < -0.4 is 5.32 Å². The van der Waals surface area contributed by atoms with Crippen molar-refractivity contribution in [1.29, 1.82) is 0 Å². The van der Waals surface area contributed by atoms with Gasteiger partial charge in [-0.15, -0.1) is 0 Å². The Morgan fingerprint density at radius 1 is 1.06 bits per heavy atom. The van der Waals surface area contributed by atoms with E-state index in [0.29, 0.717) is 0 Å². The Morgan fingerprint density at radius 3 is 2.14 bits per heavy atom. The first-order valence-electron chi connectivity index (χ1n) is 11.4. The summed E-state index contributed by atoms with van der Waals surface area (Å²) in [5, 5.41) is 2.59. The number of imide groups is 2. The molecule has 5 amide bonds. The molecule has 0 spiro atoms. The normalized spacial score (nSPS) is 19.8. The van der Waals surface area contributed by atoms with Gasteiger partial charge in [0.2, 0.25) is 11.8 Å². The van der Waals surface area contributed by atoms with E-state index in [2.05, 4.69) is 5.32 Å². The lowest BCUT2D eigenvalue weighted by atomic mass is 10.0. The molecule has 0 radical (unpaired) electrons. The summed E-state index contributed by atoms with van der Waals surface area (Å²) in [7, 11) is 3.51. The molecule has 1 aromatic carbocycles. The maximum Gasteiger partial charge on any atom is 0.330 e. The number of fused-ring (bicyclic) bond motifs is 1. The van der Waals surface area contributed by atoms with Gasteiger partial charge in [0.05, 0.1) is 17.2 Å². The summed E-state index contributed by atoms with van der Waals surface area (Å²) in [6.45, 7) is 4.52. The Balaban J connectivity index is 1.64. The van der Waals surface area contributed by atoms with Crippen LogP contribution in [-0.4, -0.2) is 89.2 Å². The third kappa shape index (κ3) is 5.09. The van der Waals surface area contributed by atoms with Crippen LogP contribution in [0.25, 0.3) is 0 Å². The molecule has 35 heavy (non-hydrogen) atoms. The molecule has 0 bridgehead atoms. The molecule has 1 saturated heterocycles. The molecule has 188 valence electrons. The van der Waals surface area contributed by atoms with Crippen LogP contribution in [0.2, 0.25) is 0 Å². The Kier molecular flexibility index (Phi) is 7.69. The number of likely N-dealkylation sites (N-methyl/N-ethyl adjacent to an activating group) is 1. The molecule has 11 heteroatoms. The van der Waals surface area contributed by atoms with Crippen LogP contribution in [0.1, 0.15) is 54.3 Å². The number of esters is 1. The van der Waals surface area contributed by atoms with Crippen molar-refractivity contribution in [3.05, 3.63) is 35.4 Å². The van der Waals surface area contributed by atoms with Crippen molar-refractivity contribution in [3.8, 4) is 0 Å². The van der Waals surface area contributed by atoms with Crippen LogP contribution in [0, 0.1) is 5.92 Å². The second-order valence-electron chi connectivity index (χ2n) is 9.22. The van der Waals surface area contributed by atoms with Gasteiger partial charge in [0, 0.05) is 6.42 Å². The van der Waals surface area contributed by atoms with Gasteiger partial charge in [-0.05, 0) is 45.5 Å². The Morgan fingerprint density at radius 2 is 1.63 bits per heavy atom. The second-order valence-corrected chi connectivity index (χ2v) is 9.22. The van der Waals surface area contributed by atoms with Crippen molar-refractivity contribution in [3.63, 3.8) is 0 Å². The van der Waals surface area contributed by atoms with Crippen molar-refractivity contribution < 1.29 is 33.5 Å². The van der Waals surface area contributed by atoms with Gasteiger partial charge in [-0.3, -0.25) is 33.8 Å². The molecule has 1 N–H and O–H groups in total. The lowest BCUT2D eigenvalue weighted by Gasteiger charge is -2.34. The van der Waals surface area contributed by atoms with Crippen molar-refractivity contribution >= 4 is 35.5 Å². The fourth-order valence-corrected chi connectivity index (χ4v) is 4.43. The number of nitrogens with one attached hydrogen (secondary N) is 1. The van der Waals surface area contributed by atoms with Gasteiger partial charge in [-0.1, -0.05) is 26.0 Å². The first kappa shape index (κ1) is 26.0. The smallest absolute Gasteiger partial charge is 0.330 e. The standard InChI is InChI=1S/C24H30N4O7/c1-13(2)19(26(4)5)20(30)25-14(3)24(34)35-12-27-18(29)11-10-17(23(27)33)28-21(31)15-8-6-7-9-16(15)22(28)32/h6-9,13-14,17,19H,10-12H2,1-5H3,(H,25,30)/t14-,17-,19?/m0/s1. The summed E-state index contributed by atoms with van der Waals surface area (Å²) in [6.07, 6.45) is -0.117. The van der Waals surface area contributed by atoms with E-state index in [9.17, 15) is 28.8 Å². The molecule has 2 aliphatic heterocycles. The number of carbonyl (C=O) groups excluding carboxylic acids is 6. The van der Waals surface area contributed by atoms with Gasteiger partial charge in [0.1, 0.15) is 12.1 Å². The monoisotopic (exact) mass is 486 g/mol. The quantitative estimate of drug-likeness (QED) is 0.412. The maximum absolute atomic E-state index is 13.1. The SMILES string of the molecule is CC(C)C(C(=O)N[C@@H](C)C(=O)OCN1C(=O)CC[C@H](N2C(=O)c3ccccc3C2=O)C1=O)N(C)C. The molecule has 0 aliphatic carbocycles. The Labute approximate surface area is 203 Å². The molecule has 1 unspecified atom stereocenters. The van der Waals surface area contributed by atoms with Crippen molar-refractivity contribution in [2.24, 2.45) is 5.92 Å². The van der Waals surface area contributed by atoms with E-state index in [1.54, 1.807) is 31.1 Å². The van der Waals surface area contributed by atoms with Gasteiger partial charge < -0.3 is 10.1 Å². The number of carbonyl (C=O) groups is 6. The van der Waals surface area contributed by atoms with Crippen LogP contribution in [0.5, 0.6) is 0 Å². The minimum Gasteiger partial charge on any atom is -0.442 e. The van der Waals surface area contributed by atoms with Gasteiger partial charge in [-0.2, -0.15) is 0 Å². The van der Waals surface area contributed by atoms with Crippen LogP contribution in [0.4, 0.5) is 0 Å². The van der Waals surface area contributed by atoms with E-state index in [0.717, 1.165) is 9.80 Å². The van der Waals surface area contributed by atoms with E-state index in [1.807, 2.05) is 13.8 Å². The first-order chi connectivity index (χ1) is 16.5. The topological polar surface area (TPSA) is 133 Å². The number of likely N-dealkylation sites (tertiary alicyclic amines) is 1. The average molecular weight is 487 g/mol. The fourth-order valence-electron chi connectivity index (χ4n) is 4.43. The zero-order chi connectivity index (χ0) is 26.0. The van der Waals surface area contributed by atoms with Gasteiger partial charge >= 0.3 is 5.97 Å². The van der Waals surface area contributed by atoms with Gasteiger partial charge in [0.25, 0.3) is 17.7 Å². The highest BCUT2D eigenvalue weighted by Crippen LogP contribution is 2.29. The third-order valence-electron chi connectivity index (χ3n) is 6.13. The average Bonchev–Trinajstić information content (AvgIpc) is 3.03. The Bertz CT molecular complexity index is 1020. The van der Waals surface area contributed by atoms with E-state index >= 15 is 0 Å². The predicted molar refractivity (Wildman–Crippen MR) is 123 cm³/mol. The van der Waals surface area contributed by atoms with E-state index in [4.69, 9.17) is 4.74 Å². The molecule has 1 fully saturated rings. The van der Waals surface area contributed by atoms with Crippen molar-refractivity contribution in [2.45, 2.75) is 51.7 Å². The highest BCUT2D eigenvalue weighted by atomic mass is 16.5. The summed E-state index contributed by atoms with van der Waals surface area (Å²) in [4.78, 5) is 79.3. The molecular formula is C24H30N4O7. The minimum absolute atomic E-state index is 0.00380. The number of amides is 5. The van der Waals surface area contributed by atoms with E-state index in [-0.39, 0.29) is 35.8 Å². The number of benzene rings is 1. The third-order valence-corrected chi connectivity index (χ3v) is 6.13. The number of rotatable bonds is 8. The highest BCUT2D eigenvalue weighted by molar-refractivity contribution is 6.23. The van der Waals surface area contributed by atoms with Gasteiger partial charge in [0.15, 0.2) is 6.73 Å². The van der Waals surface area contributed by atoms with Crippen LogP contribution >= 0.6 is 0 Å². The van der Waals surface area contributed by atoms with Crippen molar-refractivity contribution in [1.82, 2.24) is 20.0 Å². The minimum atomic E-state index is -1.18. The molecule has 11 nitrogen and oxygen atoms in total. The number of ether oxygens (including phenoxy) is 1. The second kappa shape index (κ2) is 10.3. The van der Waals surface area contributed by atoms with Crippen molar-refractivity contribution in [2.75, 3.05) is 20.8 Å². The largest absolute Gasteiger partial charge is 0.442 e. The van der Waals surface area contributed by atoms with Crippen LogP contribution in [0.15, 0.2) is 24.3 Å². The summed E-state index contributed by atoms with van der Waals surface area (Å²) >= 11 is 0. The zero-order valence-electron chi connectivity index (χ0n) is 20.4. The van der Waals surface area contributed by atoms with E-state index < -0.39 is 54.5 Å². The summed E-state index contributed by atoms with van der Waals surface area (Å²) in [6, 6.07) is 3.58. The molecular weight excluding hydrogens is 456 g/mol. The molecule has 0 saturated carbocycles. The molecule has 3 rings (SSSR count). The first-order valence-corrected chi connectivity index (χ1v) is 11.4. The molecule has 2 heterocycles. The predicted octanol–water partition coefficient (Wildman–Crippen LogP) is 0.392. The maximum atomic E-state index is 13.1. The van der Waals surface area contributed by atoms with Gasteiger partial charge in [-0.25, -0.2) is 9.69 Å². The van der Waals surface area contributed by atoms with Crippen LogP contribution in [0.3, 0.4) is 0 Å². The van der Waals surface area contributed by atoms with E-state index in [1.165, 1.54) is 19.1 Å². The molecule has 2 aliphatic rings. The number of hydrogen-bond donors (Lipinski definition) is 1. The highest BCUT2D eigenvalue weighted by Gasteiger charge is 2.47. The number of nitrogens with zero attached hydrogens (tertiary/aromatic N) is 3. The summed E-state index contributed by atoms with van der Waals surface area (Å²) < 4.78 is 5.14. The fraction of sp³-hybridized carbons (Fsp3) is 0.500. The zero-order valence-corrected chi connectivity index (χ0v) is 20.4. The van der Waals surface area contributed by atoms with Crippen LogP contribution in [-0.2, 0) is 23.9 Å². The Hall–Kier alpha value is -3.60. The lowest BCUT2D eigenvalue weighted by Crippen LogP contribution is -2.57. The molecule has 3 atom stereocenters. The summed E-state index contributed by atoms with van der Waals surface area (Å²) in [5.41, 5.74) is 0.393. The molecule has 0 aromatic heterocycles. The number of piperidine rings is 1. The number of hydrogen-bond acceptors (Lipinski definition) is 8. The molecule has 1 aromatic rings. The summed E-state index contributed by atoms with van der Waals surface area (Å²) in [5.74, 6) is -3.78. The lowest BCUT2D eigenvalue weighted by molar-refractivity contribution is -0.165.